The molecule has 2 aromatic rings. The zero-order valence-corrected chi connectivity index (χ0v) is 16.0. The van der Waals surface area contributed by atoms with E-state index in [0.29, 0.717) is 5.91 Å². The van der Waals surface area contributed by atoms with Crippen LogP contribution in [-0.4, -0.2) is 35.0 Å². The predicted octanol–water partition coefficient (Wildman–Crippen LogP) is 3.93. The van der Waals surface area contributed by atoms with E-state index in [2.05, 4.69) is 52.2 Å². The van der Waals surface area contributed by atoms with E-state index in [-0.39, 0.29) is 5.41 Å². The lowest BCUT2D eigenvalue weighted by Gasteiger charge is -2.44. The Labute approximate surface area is 156 Å². The van der Waals surface area contributed by atoms with Crippen LogP contribution < -0.4 is 5.32 Å². The molecule has 2 fully saturated rings. The first-order chi connectivity index (χ1) is 12.7. The molecule has 3 heterocycles. The maximum atomic E-state index is 13.3. The summed E-state index contributed by atoms with van der Waals surface area (Å²) in [6.45, 7) is 6.92. The number of rotatable bonds is 5. The number of likely N-dealkylation sites (tertiary alicyclic amines) is 1. The zero-order valence-electron chi connectivity index (χ0n) is 16.0. The van der Waals surface area contributed by atoms with Gasteiger partial charge in [0.25, 0.3) is 0 Å². The van der Waals surface area contributed by atoms with Crippen molar-refractivity contribution < 1.29 is 4.79 Å². The highest BCUT2D eigenvalue weighted by molar-refractivity contribution is 5.86. The van der Waals surface area contributed by atoms with Crippen LogP contribution in [0.2, 0.25) is 0 Å². The molecule has 1 N–H and O–H groups in total. The van der Waals surface area contributed by atoms with Crippen LogP contribution in [0.15, 0.2) is 30.5 Å². The lowest BCUT2D eigenvalue weighted by Crippen LogP contribution is -2.52. The first-order valence-corrected chi connectivity index (χ1v) is 10.3. The van der Waals surface area contributed by atoms with Crippen molar-refractivity contribution in [2.75, 3.05) is 19.6 Å². The van der Waals surface area contributed by atoms with Crippen molar-refractivity contribution in [3.63, 3.8) is 0 Å². The second-order valence-corrected chi connectivity index (χ2v) is 8.08. The summed E-state index contributed by atoms with van der Waals surface area (Å²) in [6.07, 6.45) is 8.89. The molecule has 2 saturated heterocycles. The van der Waals surface area contributed by atoms with Crippen LogP contribution in [0.1, 0.15) is 51.0 Å². The Morgan fingerprint density at radius 2 is 1.96 bits per heavy atom. The number of aromatic nitrogens is 1. The highest BCUT2D eigenvalue weighted by Gasteiger charge is 2.44. The zero-order chi connectivity index (χ0) is 18.0. The summed E-state index contributed by atoms with van der Waals surface area (Å²) in [6, 6.07) is 8.65. The molecule has 140 valence electrons. The van der Waals surface area contributed by atoms with Crippen LogP contribution in [0.25, 0.3) is 10.9 Å². The molecule has 0 saturated carbocycles. The standard InChI is InChI=1S/C22H31N3O/c1-2-3-14-24-16-18(19-7-4-5-8-20(19)24)17-25-15-6-9-22(21(25)26)10-12-23-13-11-22/h4-5,7-8,16,23H,2-3,6,9-15,17H2,1H3. The van der Waals surface area contributed by atoms with Crippen molar-refractivity contribution in [3.8, 4) is 0 Å². The van der Waals surface area contributed by atoms with Crippen molar-refractivity contribution in [1.82, 2.24) is 14.8 Å². The van der Waals surface area contributed by atoms with Crippen LogP contribution in [0.5, 0.6) is 0 Å². The van der Waals surface area contributed by atoms with E-state index in [1.807, 2.05) is 0 Å². The number of aryl methyl sites for hydroxylation is 1. The Kier molecular flexibility index (Phi) is 5.03. The number of amides is 1. The molecule has 1 amide bonds. The number of hydrogen-bond acceptors (Lipinski definition) is 2. The van der Waals surface area contributed by atoms with Crippen LogP contribution in [-0.2, 0) is 17.9 Å². The number of benzene rings is 1. The molecular formula is C22H31N3O. The Bertz CT molecular complexity index is 767. The third-order valence-corrected chi connectivity index (χ3v) is 6.37. The maximum Gasteiger partial charge on any atom is 0.229 e. The summed E-state index contributed by atoms with van der Waals surface area (Å²) in [4.78, 5) is 15.5. The first kappa shape index (κ1) is 17.6. The summed E-state index contributed by atoms with van der Waals surface area (Å²) in [5, 5.41) is 4.72. The van der Waals surface area contributed by atoms with E-state index in [1.165, 1.54) is 29.3 Å². The van der Waals surface area contributed by atoms with E-state index < -0.39 is 0 Å². The smallest absolute Gasteiger partial charge is 0.229 e. The molecule has 4 rings (SSSR count). The SMILES string of the molecule is CCCCn1cc(CN2CCCC3(CCNCC3)C2=O)c2ccccc21. The molecule has 1 aromatic heterocycles. The summed E-state index contributed by atoms with van der Waals surface area (Å²) >= 11 is 0. The van der Waals surface area contributed by atoms with Gasteiger partial charge in [-0.3, -0.25) is 4.79 Å². The largest absolute Gasteiger partial charge is 0.347 e. The number of carbonyl (C=O) groups excluding carboxylic acids is 1. The van der Waals surface area contributed by atoms with E-state index in [0.717, 1.165) is 58.4 Å². The van der Waals surface area contributed by atoms with Gasteiger partial charge in [0.05, 0.1) is 5.41 Å². The van der Waals surface area contributed by atoms with Gasteiger partial charge < -0.3 is 14.8 Å². The Morgan fingerprint density at radius 1 is 1.15 bits per heavy atom. The summed E-state index contributed by atoms with van der Waals surface area (Å²) in [5.41, 5.74) is 2.51. The van der Waals surface area contributed by atoms with Gasteiger partial charge in [0, 0.05) is 36.7 Å². The summed E-state index contributed by atoms with van der Waals surface area (Å²) < 4.78 is 2.38. The van der Waals surface area contributed by atoms with E-state index in [9.17, 15) is 4.79 Å². The second kappa shape index (κ2) is 7.43. The Balaban J connectivity index is 1.59. The monoisotopic (exact) mass is 353 g/mol. The van der Waals surface area contributed by atoms with Gasteiger partial charge in [-0.15, -0.1) is 0 Å². The fraction of sp³-hybridized carbons (Fsp3) is 0.591. The van der Waals surface area contributed by atoms with Crippen molar-refractivity contribution >= 4 is 16.8 Å². The van der Waals surface area contributed by atoms with Gasteiger partial charge in [-0.2, -0.15) is 0 Å². The van der Waals surface area contributed by atoms with Crippen LogP contribution in [0.3, 0.4) is 0 Å². The summed E-state index contributed by atoms with van der Waals surface area (Å²) in [5.74, 6) is 0.399. The number of fused-ring (bicyclic) bond motifs is 1. The van der Waals surface area contributed by atoms with Gasteiger partial charge >= 0.3 is 0 Å². The van der Waals surface area contributed by atoms with Gasteiger partial charge in [-0.05, 0) is 56.8 Å². The highest BCUT2D eigenvalue weighted by atomic mass is 16.2. The molecule has 4 nitrogen and oxygen atoms in total. The van der Waals surface area contributed by atoms with E-state index in [4.69, 9.17) is 0 Å². The number of para-hydroxylation sites is 1. The van der Waals surface area contributed by atoms with Crippen molar-refractivity contribution in [2.24, 2.45) is 5.41 Å². The normalized spacial score (nSPS) is 20.2. The van der Waals surface area contributed by atoms with Gasteiger partial charge in [0.15, 0.2) is 0 Å². The molecule has 0 unspecified atom stereocenters. The average Bonchev–Trinajstić information content (AvgIpc) is 3.02. The minimum Gasteiger partial charge on any atom is -0.347 e. The second-order valence-electron chi connectivity index (χ2n) is 8.08. The molecule has 0 atom stereocenters. The quantitative estimate of drug-likeness (QED) is 0.884. The number of nitrogens with zero attached hydrogens (tertiary/aromatic N) is 2. The Morgan fingerprint density at radius 3 is 2.77 bits per heavy atom. The molecule has 0 aliphatic carbocycles. The van der Waals surface area contributed by atoms with Crippen molar-refractivity contribution in [3.05, 3.63) is 36.0 Å². The molecule has 1 spiro atoms. The van der Waals surface area contributed by atoms with Crippen LogP contribution >= 0.6 is 0 Å². The van der Waals surface area contributed by atoms with Crippen molar-refractivity contribution in [2.45, 2.75) is 58.5 Å². The molecule has 1 aromatic carbocycles. The van der Waals surface area contributed by atoms with Crippen LogP contribution in [0, 0.1) is 5.41 Å². The molecule has 2 aliphatic rings. The fourth-order valence-electron chi connectivity index (χ4n) is 4.84. The van der Waals surface area contributed by atoms with Gasteiger partial charge in [-0.1, -0.05) is 31.5 Å². The average molecular weight is 354 g/mol. The first-order valence-electron chi connectivity index (χ1n) is 10.3. The minimum absolute atomic E-state index is 0.0932. The van der Waals surface area contributed by atoms with Gasteiger partial charge in [0.2, 0.25) is 5.91 Å². The predicted molar refractivity (Wildman–Crippen MR) is 106 cm³/mol. The van der Waals surface area contributed by atoms with Gasteiger partial charge in [0.1, 0.15) is 0 Å². The summed E-state index contributed by atoms with van der Waals surface area (Å²) in [7, 11) is 0. The molecule has 4 heteroatoms. The molecule has 0 bridgehead atoms. The molecule has 26 heavy (non-hydrogen) atoms. The number of unbranched alkanes of at least 4 members (excludes halogenated alkanes) is 1. The van der Waals surface area contributed by atoms with E-state index >= 15 is 0 Å². The van der Waals surface area contributed by atoms with Crippen molar-refractivity contribution in [1.29, 1.82) is 0 Å². The molecule has 2 aliphatic heterocycles. The van der Waals surface area contributed by atoms with E-state index in [1.54, 1.807) is 0 Å². The maximum absolute atomic E-state index is 13.3. The number of carbonyl (C=O) groups is 1. The molecule has 0 radical (unpaired) electrons. The third-order valence-electron chi connectivity index (χ3n) is 6.37. The lowest BCUT2D eigenvalue weighted by molar-refractivity contribution is -0.149. The number of hydrogen-bond donors (Lipinski definition) is 1. The third kappa shape index (κ3) is 3.16. The Hall–Kier alpha value is -1.81. The lowest BCUT2D eigenvalue weighted by atomic mass is 9.72. The fourth-order valence-corrected chi connectivity index (χ4v) is 4.84. The molecular weight excluding hydrogens is 322 g/mol. The number of piperidine rings is 2. The minimum atomic E-state index is -0.0932. The van der Waals surface area contributed by atoms with Crippen LogP contribution in [0.4, 0.5) is 0 Å². The number of nitrogens with one attached hydrogen (secondary N) is 1. The highest BCUT2D eigenvalue weighted by Crippen LogP contribution is 2.40. The topological polar surface area (TPSA) is 37.3 Å². The van der Waals surface area contributed by atoms with Gasteiger partial charge in [-0.25, -0.2) is 0 Å².